The Morgan fingerprint density at radius 3 is 1.29 bits per heavy atom. The second kappa shape index (κ2) is 36.1. The number of carboxylic acids is 1. The largest absolute Gasteiger partial charge is 0.478 e. The number of nitrogens with zero attached hydrogens (tertiary/aromatic N) is 6. The Morgan fingerprint density at radius 2 is 0.943 bits per heavy atom. The predicted molar refractivity (Wildman–Crippen MR) is 358 cm³/mol. The van der Waals surface area contributed by atoms with Crippen molar-refractivity contribution >= 4 is 99.8 Å². The number of nitrogens with two attached hydrogens (primary N) is 1. The zero-order valence-electron chi connectivity index (χ0n) is 51.3. The molecule has 4 N–H and O–H groups in total. The van der Waals surface area contributed by atoms with Crippen LogP contribution in [0.15, 0.2) is 140 Å². The van der Waals surface area contributed by atoms with E-state index in [0.29, 0.717) is 53.7 Å². The molecular weight excluding hydrogens is 1140 g/mol. The molecule has 4 aromatic carbocycles. The van der Waals surface area contributed by atoms with Gasteiger partial charge in [-0.25, -0.2) is 24.4 Å². The minimum Gasteiger partial charge on any atom is -0.478 e. The number of aryl methyl sites for hydroxylation is 1. The number of imidazole rings is 1. The lowest BCUT2D eigenvalue weighted by Gasteiger charge is -2.33. The number of halogens is 2. The van der Waals surface area contributed by atoms with E-state index in [-0.39, 0.29) is 23.0 Å². The van der Waals surface area contributed by atoms with E-state index < -0.39 is 5.97 Å². The van der Waals surface area contributed by atoms with Crippen molar-refractivity contribution in [1.82, 2.24) is 14.5 Å². The summed E-state index contributed by atoms with van der Waals surface area (Å²) in [6, 6.07) is 35.7. The van der Waals surface area contributed by atoms with Gasteiger partial charge in [0.1, 0.15) is 12.1 Å². The van der Waals surface area contributed by atoms with Crippen LogP contribution in [0.2, 0.25) is 10.3 Å². The molecule has 2 aromatic heterocycles. The normalized spacial score (nSPS) is 14.7. The summed E-state index contributed by atoms with van der Waals surface area (Å²) >= 11 is 12.1. The first-order chi connectivity index (χ1) is 42.0. The Kier molecular flexibility index (Phi) is 28.2. The number of pyridine rings is 1. The van der Waals surface area contributed by atoms with Gasteiger partial charge in [0.15, 0.2) is 10.3 Å². The number of ether oxygens (including phenoxy) is 2. The van der Waals surface area contributed by atoms with Crippen LogP contribution in [0.25, 0.3) is 30.1 Å². The fourth-order valence-electron chi connectivity index (χ4n) is 10.7. The maximum Gasteiger partial charge on any atom is 0.330 e. The van der Waals surface area contributed by atoms with Crippen molar-refractivity contribution in [1.29, 1.82) is 0 Å². The molecule has 0 aliphatic heterocycles. The fraction of sp³-hybridized carbons (Fsp3) is 0.371. The van der Waals surface area contributed by atoms with Crippen LogP contribution in [0.4, 0.5) is 28.4 Å². The van der Waals surface area contributed by atoms with Gasteiger partial charge in [-0.15, -0.1) is 0 Å². The molecule has 9 rings (SSSR count). The number of esters is 2. The molecule has 87 heavy (non-hydrogen) atoms. The lowest BCUT2D eigenvalue weighted by atomic mass is 9.94. The van der Waals surface area contributed by atoms with E-state index in [1.807, 2.05) is 74.5 Å². The third-order valence-electron chi connectivity index (χ3n) is 15.7. The SMILES string of the molecule is CCOC(=O)/C=C/c1ccc(N(C)C2CCCCC2)cc1.CCOC(=O)/C=C/c1ccc(N)cc1.CN(c1ccc(/C=C/C(=O)O)cc1)C1CCCCC1.Cc1cc(NC(=O)/C=C/c2ccc(N(C)C3CCCCC3)cc2)cnc1-n1cnc(Cl)c1Cl. The van der Waals surface area contributed by atoms with Crippen LogP contribution in [-0.4, -0.2) is 95.9 Å². The average Bonchev–Trinajstić information content (AvgIpc) is 2.95. The molecule has 3 aliphatic rings. The number of nitrogens with one attached hydrogen (secondary N) is 1. The number of aromatic nitrogens is 3. The van der Waals surface area contributed by atoms with E-state index in [9.17, 15) is 19.2 Å². The van der Waals surface area contributed by atoms with E-state index in [1.165, 1.54) is 144 Å². The van der Waals surface area contributed by atoms with Gasteiger partial charge in [-0.1, -0.05) is 130 Å². The van der Waals surface area contributed by atoms with Crippen LogP contribution in [0.5, 0.6) is 0 Å². The summed E-state index contributed by atoms with van der Waals surface area (Å²) in [5.41, 5.74) is 15.1. The third-order valence-corrected chi connectivity index (χ3v) is 16.4. The molecule has 462 valence electrons. The van der Waals surface area contributed by atoms with Crippen molar-refractivity contribution in [3.05, 3.63) is 178 Å². The minimum atomic E-state index is -0.914. The fourth-order valence-corrected chi connectivity index (χ4v) is 11.0. The molecule has 3 fully saturated rings. The summed E-state index contributed by atoms with van der Waals surface area (Å²) in [4.78, 5) is 60.6. The Balaban J connectivity index is 0.000000195. The second-order valence-corrected chi connectivity index (χ2v) is 22.6. The predicted octanol–water partition coefficient (Wildman–Crippen LogP) is 15.7. The molecule has 1 amide bonds. The number of rotatable bonds is 18. The average molecular weight is 1220 g/mol. The number of hydrogen-bond donors (Lipinski definition) is 3. The van der Waals surface area contributed by atoms with E-state index in [0.717, 1.165) is 27.8 Å². The first kappa shape index (κ1) is 68.0. The van der Waals surface area contributed by atoms with Gasteiger partial charge in [0.05, 0.1) is 25.1 Å². The van der Waals surface area contributed by atoms with Crippen molar-refractivity contribution in [2.45, 2.75) is 135 Å². The number of carboxylic acid groups (broad SMARTS) is 1. The van der Waals surface area contributed by atoms with E-state index in [1.54, 1.807) is 48.0 Å². The summed E-state index contributed by atoms with van der Waals surface area (Å²) in [6.07, 6.45) is 35.3. The second-order valence-electron chi connectivity index (χ2n) is 21.9. The van der Waals surface area contributed by atoms with Crippen LogP contribution in [0, 0.1) is 6.92 Å². The van der Waals surface area contributed by atoms with Gasteiger partial charge in [0.25, 0.3) is 0 Å². The van der Waals surface area contributed by atoms with E-state index >= 15 is 0 Å². The zero-order chi connectivity index (χ0) is 62.5. The third kappa shape index (κ3) is 22.9. The van der Waals surface area contributed by atoms with Gasteiger partial charge in [-0.3, -0.25) is 9.36 Å². The number of anilines is 5. The molecule has 15 nitrogen and oxygen atoms in total. The van der Waals surface area contributed by atoms with Gasteiger partial charge in [-0.2, -0.15) is 0 Å². The molecule has 0 radical (unpaired) electrons. The van der Waals surface area contributed by atoms with Crippen molar-refractivity contribution < 1.29 is 33.8 Å². The standard InChI is InChI=1S/C25H27Cl2N5O.C18H25NO2.C16H21NO2.C11H13NO2/c1-17-14-19(15-28-25(17)32-16-29-23(26)24(32)27)30-22(33)13-10-18-8-11-21(12-9-18)31(2)20-6-4-3-5-7-20;1-3-21-18(20)14-11-15-9-12-17(13-10-15)19(2)16-7-5-4-6-8-16;1-17(14-5-3-2-4-6-14)15-10-7-13(8-11-15)9-12-16(18)19;1-2-14-11(13)8-5-9-3-6-10(12)7-4-9/h8-16,20H,3-7H2,1-2H3,(H,30,33);9-14,16H,3-8H2,1-2H3;7-12,14H,2-6H2,1H3,(H,18,19);3-8H,2,12H2,1H3/b13-10+;14-11+;12-9+;8-5+. The molecule has 0 bridgehead atoms. The minimum absolute atomic E-state index is 0.217. The Labute approximate surface area is 524 Å². The van der Waals surface area contributed by atoms with Crippen molar-refractivity contribution in [2.24, 2.45) is 0 Å². The summed E-state index contributed by atoms with van der Waals surface area (Å²) in [7, 11) is 6.50. The first-order valence-corrected chi connectivity index (χ1v) is 31.1. The maximum absolute atomic E-state index is 12.4. The number of benzene rings is 4. The Hall–Kier alpha value is -8.14. The number of nitrogen functional groups attached to an aromatic ring is 1. The maximum atomic E-state index is 12.4. The molecule has 0 unspecified atom stereocenters. The highest BCUT2D eigenvalue weighted by atomic mass is 35.5. The van der Waals surface area contributed by atoms with Crippen LogP contribution >= 0.6 is 23.2 Å². The molecule has 3 saturated carbocycles. The van der Waals surface area contributed by atoms with Crippen molar-refractivity contribution in [3.63, 3.8) is 0 Å². The van der Waals surface area contributed by atoms with Gasteiger partial charge in [-0.05, 0) is 166 Å². The summed E-state index contributed by atoms with van der Waals surface area (Å²) in [6.45, 7) is 6.26. The molecule has 0 saturated heterocycles. The van der Waals surface area contributed by atoms with Crippen LogP contribution in [0.3, 0.4) is 0 Å². The van der Waals surface area contributed by atoms with Crippen LogP contribution in [-0.2, 0) is 28.7 Å². The van der Waals surface area contributed by atoms with Gasteiger partial charge in [0.2, 0.25) is 5.91 Å². The van der Waals surface area contributed by atoms with Gasteiger partial charge >= 0.3 is 17.9 Å². The number of aliphatic carboxylic acids is 1. The molecule has 3 aliphatic carbocycles. The highest BCUT2D eigenvalue weighted by Gasteiger charge is 2.21. The topological polar surface area (TPSA) is 185 Å². The molecular formula is C70H86Cl2N8O7. The van der Waals surface area contributed by atoms with E-state index in [2.05, 4.69) is 87.5 Å². The zero-order valence-corrected chi connectivity index (χ0v) is 52.8. The highest BCUT2D eigenvalue weighted by Crippen LogP contribution is 2.30. The molecule has 0 atom stereocenters. The highest BCUT2D eigenvalue weighted by molar-refractivity contribution is 6.40. The lowest BCUT2D eigenvalue weighted by molar-refractivity contribution is -0.138. The molecule has 2 heterocycles. The number of amides is 1. The smallest absolute Gasteiger partial charge is 0.330 e. The molecule has 6 aromatic rings. The van der Waals surface area contributed by atoms with Crippen molar-refractivity contribution in [2.75, 3.05) is 60.1 Å². The number of carbonyl (C=O) groups excluding carboxylic acids is 3. The molecule has 0 spiro atoms. The first-order valence-electron chi connectivity index (χ1n) is 30.3. The van der Waals surface area contributed by atoms with E-state index in [4.69, 9.17) is 43.5 Å². The summed E-state index contributed by atoms with van der Waals surface area (Å²) < 4.78 is 11.2. The van der Waals surface area contributed by atoms with Crippen LogP contribution < -0.4 is 25.8 Å². The number of carbonyl (C=O) groups is 4. The lowest BCUT2D eigenvalue weighted by Crippen LogP contribution is -2.33. The Bertz CT molecular complexity index is 3220. The number of hydrogen-bond acceptors (Lipinski definition) is 12. The molecule has 17 heteroatoms. The van der Waals surface area contributed by atoms with Crippen molar-refractivity contribution in [3.8, 4) is 5.82 Å². The summed E-state index contributed by atoms with van der Waals surface area (Å²) in [5.74, 6) is -1.16. The summed E-state index contributed by atoms with van der Waals surface area (Å²) in [5, 5.41) is 11.9. The van der Waals surface area contributed by atoms with Crippen LogP contribution in [0.1, 0.15) is 138 Å². The monoisotopic (exact) mass is 1220 g/mol. The van der Waals surface area contributed by atoms with Gasteiger partial charge in [0, 0.05) is 86.3 Å². The van der Waals surface area contributed by atoms with Gasteiger partial charge < -0.3 is 40.3 Å². The quantitative estimate of drug-likeness (QED) is 0.0420. The Morgan fingerprint density at radius 1 is 0.575 bits per heavy atom.